The van der Waals surface area contributed by atoms with E-state index >= 15 is 0 Å². The third-order valence-electron chi connectivity index (χ3n) is 2.88. The Kier molecular flexibility index (Phi) is 4.64. The Morgan fingerprint density at radius 3 is 3.06 bits per heavy atom. The van der Waals surface area contributed by atoms with Crippen molar-refractivity contribution in [1.82, 2.24) is 4.90 Å². The number of nitrogens with zero attached hydrogens (tertiary/aromatic N) is 1. The number of fused-ring (bicyclic) bond motifs is 1. The van der Waals surface area contributed by atoms with E-state index in [0.29, 0.717) is 18.0 Å². The van der Waals surface area contributed by atoms with Gasteiger partial charge in [0.05, 0.1) is 9.87 Å². The molecule has 18 heavy (non-hydrogen) atoms. The zero-order chi connectivity index (χ0) is 13.1. The van der Waals surface area contributed by atoms with Gasteiger partial charge in [-0.05, 0) is 23.8 Å². The van der Waals surface area contributed by atoms with Gasteiger partial charge in [-0.1, -0.05) is 12.2 Å². The maximum Gasteiger partial charge on any atom is 0.263 e. The standard InChI is InChI=1S/C12H16N2OS3/c1-14(4-2-11(13)16)12(15)10-6-8-7-17-5-3-9(8)18-10/h6H,2-5,7H2,1H3,(H2,13,16). The summed E-state index contributed by atoms with van der Waals surface area (Å²) >= 11 is 8.40. The van der Waals surface area contributed by atoms with Gasteiger partial charge >= 0.3 is 0 Å². The molecule has 0 radical (unpaired) electrons. The maximum atomic E-state index is 12.2. The van der Waals surface area contributed by atoms with Gasteiger partial charge in [-0.2, -0.15) is 11.8 Å². The number of nitrogens with two attached hydrogens (primary N) is 1. The quantitative estimate of drug-likeness (QED) is 0.867. The molecule has 0 fully saturated rings. The molecule has 0 saturated heterocycles. The molecule has 1 amide bonds. The molecule has 3 nitrogen and oxygen atoms in total. The predicted molar refractivity (Wildman–Crippen MR) is 82.5 cm³/mol. The van der Waals surface area contributed by atoms with Gasteiger partial charge in [0, 0.05) is 30.6 Å². The van der Waals surface area contributed by atoms with E-state index in [2.05, 4.69) is 0 Å². The van der Waals surface area contributed by atoms with Crippen molar-refractivity contribution in [2.24, 2.45) is 5.73 Å². The van der Waals surface area contributed by atoms with Crippen molar-refractivity contribution in [3.05, 3.63) is 21.4 Å². The average molecular weight is 300 g/mol. The first-order chi connectivity index (χ1) is 8.58. The van der Waals surface area contributed by atoms with Crippen molar-refractivity contribution in [2.75, 3.05) is 19.3 Å². The number of rotatable bonds is 4. The van der Waals surface area contributed by atoms with Gasteiger partial charge in [-0.25, -0.2) is 0 Å². The highest BCUT2D eigenvalue weighted by Gasteiger charge is 2.19. The molecule has 1 aromatic rings. The fourth-order valence-electron chi connectivity index (χ4n) is 1.82. The van der Waals surface area contributed by atoms with Crippen LogP contribution in [0.3, 0.4) is 0 Å². The fraction of sp³-hybridized carbons (Fsp3) is 0.500. The summed E-state index contributed by atoms with van der Waals surface area (Å²) in [5.74, 6) is 2.28. The molecule has 2 rings (SSSR count). The largest absolute Gasteiger partial charge is 0.393 e. The zero-order valence-electron chi connectivity index (χ0n) is 10.3. The highest BCUT2D eigenvalue weighted by molar-refractivity contribution is 7.98. The van der Waals surface area contributed by atoms with Crippen LogP contribution in [-0.2, 0) is 12.2 Å². The third-order valence-corrected chi connectivity index (χ3v) is 5.32. The van der Waals surface area contributed by atoms with Crippen molar-refractivity contribution >= 4 is 46.2 Å². The average Bonchev–Trinajstić information content (AvgIpc) is 2.78. The van der Waals surface area contributed by atoms with E-state index in [1.165, 1.54) is 16.2 Å². The van der Waals surface area contributed by atoms with Crippen LogP contribution in [0.25, 0.3) is 0 Å². The number of aryl methyl sites for hydroxylation is 1. The first-order valence-corrected chi connectivity index (χ1v) is 8.19. The van der Waals surface area contributed by atoms with Crippen molar-refractivity contribution in [3.63, 3.8) is 0 Å². The number of carbonyl (C=O) groups excluding carboxylic acids is 1. The smallest absolute Gasteiger partial charge is 0.263 e. The minimum Gasteiger partial charge on any atom is -0.393 e. The SMILES string of the molecule is CN(CCC(N)=S)C(=O)c1cc2c(s1)CCSC2. The highest BCUT2D eigenvalue weighted by atomic mass is 32.2. The van der Waals surface area contributed by atoms with E-state index in [0.717, 1.165) is 17.1 Å². The molecule has 0 spiro atoms. The summed E-state index contributed by atoms with van der Waals surface area (Å²) in [6.07, 6.45) is 1.67. The Morgan fingerprint density at radius 2 is 2.39 bits per heavy atom. The van der Waals surface area contributed by atoms with Gasteiger partial charge in [-0.3, -0.25) is 4.79 Å². The molecule has 98 valence electrons. The Bertz CT molecular complexity index is 446. The number of amides is 1. The Hall–Kier alpha value is -0.590. The van der Waals surface area contributed by atoms with E-state index in [-0.39, 0.29) is 5.91 Å². The predicted octanol–water partition coefficient (Wildman–Crippen LogP) is 2.29. The van der Waals surface area contributed by atoms with Crippen LogP contribution in [0, 0.1) is 0 Å². The van der Waals surface area contributed by atoms with Crippen LogP contribution in [0.2, 0.25) is 0 Å². The van der Waals surface area contributed by atoms with Gasteiger partial charge in [0.25, 0.3) is 5.91 Å². The second kappa shape index (κ2) is 6.04. The van der Waals surface area contributed by atoms with Crippen LogP contribution >= 0.6 is 35.3 Å². The van der Waals surface area contributed by atoms with Gasteiger partial charge in [0.1, 0.15) is 0 Å². The van der Waals surface area contributed by atoms with Crippen LogP contribution in [0.15, 0.2) is 6.07 Å². The number of thiocarbonyl (C=S) groups is 1. The van der Waals surface area contributed by atoms with Crippen molar-refractivity contribution in [1.29, 1.82) is 0 Å². The summed E-state index contributed by atoms with van der Waals surface area (Å²) in [6.45, 7) is 0.589. The molecule has 2 heterocycles. The Labute approximate surface area is 121 Å². The topological polar surface area (TPSA) is 46.3 Å². The lowest BCUT2D eigenvalue weighted by molar-refractivity contribution is 0.0803. The zero-order valence-corrected chi connectivity index (χ0v) is 12.7. The third kappa shape index (κ3) is 3.24. The number of thioether (sulfide) groups is 1. The number of hydrogen-bond donors (Lipinski definition) is 1. The van der Waals surface area contributed by atoms with Gasteiger partial charge in [0.15, 0.2) is 0 Å². The lowest BCUT2D eigenvalue weighted by atomic mass is 10.2. The van der Waals surface area contributed by atoms with Crippen molar-refractivity contribution in [3.8, 4) is 0 Å². The molecule has 0 bridgehead atoms. The molecule has 0 aliphatic carbocycles. The molecule has 0 unspecified atom stereocenters. The van der Waals surface area contributed by atoms with E-state index in [9.17, 15) is 4.79 Å². The first-order valence-electron chi connectivity index (χ1n) is 5.81. The van der Waals surface area contributed by atoms with Gasteiger partial charge in [-0.15, -0.1) is 11.3 Å². The lowest BCUT2D eigenvalue weighted by Gasteiger charge is -2.15. The summed E-state index contributed by atoms with van der Waals surface area (Å²) in [5, 5.41) is 0. The molecule has 1 aliphatic heterocycles. The molecule has 0 aromatic carbocycles. The van der Waals surface area contributed by atoms with Crippen molar-refractivity contribution in [2.45, 2.75) is 18.6 Å². The molecule has 2 N–H and O–H groups in total. The van der Waals surface area contributed by atoms with Gasteiger partial charge in [0.2, 0.25) is 0 Å². The highest BCUT2D eigenvalue weighted by Crippen LogP contribution is 2.32. The van der Waals surface area contributed by atoms with Crippen LogP contribution < -0.4 is 5.73 Å². The van der Waals surface area contributed by atoms with Gasteiger partial charge < -0.3 is 10.6 Å². The fourth-order valence-corrected chi connectivity index (χ4v) is 4.28. The molecule has 1 aromatic heterocycles. The monoisotopic (exact) mass is 300 g/mol. The Morgan fingerprint density at radius 1 is 1.61 bits per heavy atom. The summed E-state index contributed by atoms with van der Waals surface area (Å²) < 4.78 is 0. The second-order valence-electron chi connectivity index (χ2n) is 4.30. The minimum absolute atomic E-state index is 0.0793. The minimum atomic E-state index is 0.0793. The Balaban J connectivity index is 2.04. The summed E-state index contributed by atoms with van der Waals surface area (Å²) in [7, 11) is 1.80. The molecule has 6 heteroatoms. The van der Waals surface area contributed by atoms with Crippen LogP contribution in [0.5, 0.6) is 0 Å². The second-order valence-corrected chi connectivity index (χ2v) is 7.07. The van der Waals surface area contributed by atoms with E-state index in [4.69, 9.17) is 18.0 Å². The van der Waals surface area contributed by atoms with Crippen LogP contribution in [0.1, 0.15) is 26.5 Å². The van der Waals surface area contributed by atoms with E-state index in [1.54, 1.807) is 23.3 Å². The first kappa shape index (κ1) is 13.8. The van der Waals surface area contributed by atoms with E-state index < -0.39 is 0 Å². The molecular weight excluding hydrogens is 284 g/mol. The molecule has 1 aliphatic rings. The van der Waals surface area contributed by atoms with E-state index in [1.807, 2.05) is 17.8 Å². The number of hydrogen-bond acceptors (Lipinski definition) is 4. The normalized spacial score (nSPS) is 14.1. The van der Waals surface area contributed by atoms with Crippen LogP contribution in [-0.4, -0.2) is 35.1 Å². The number of carbonyl (C=O) groups is 1. The summed E-state index contributed by atoms with van der Waals surface area (Å²) in [6, 6.07) is 2.05. The summed E-state index contributed by atoms with van der Waals surface area (Å²) in [5.41, 5.74) is 6.79. The van der Waals surface area contributed by atoms with Crippen LogP contribution in [0.4, 0.5) is 0 Å². The maximum absolute atomic E-state index is 12.2. The molecular formula is C12H16N2OS3. The number of thiophene rings is 1. The van der Waals surface area contributed by atoms with Crippen molar-refractivity contribution < 1.29 is 4.79 Å². The molecule has 0 saturated carbocycles. The summed E-state index contributed by atoms with van der Waals surface area (Å²) in [4.78, 5) is 16.6. The lowest BCUT2D eigenvalue weighted by Crippen LogP contribution is -2.29. The molecule has 0 atom stereocenters.